The Morgan fingerprint density at radius 3 is 2.42 bits per heavy atom. The largest absolute Gasteiger partial charge is 0.0843 e. The van der Waals surface area contributed by atoms with Crippen LogP contribution in [0.1, 0.15) is 44.2 Å². The fourth-order valence-electron chi connectivity index (χ4n) is 6.73. The number of benzene rings is 3. The molecule has 0 aromatic heterocycles. The standard InChI is InChI=1S/C29H26BrCl/c1-17-11-21-13-22(12-17)29(16-18(21)2)27-10-8-24(31)15-26(27)25-9-5-20(14-28(25)29)19-3-6-23(30)7-4-19/h3-10,14-17,21-22H,11-13H2,1-2H3. The number of allylic oxidation sites excluding steroid dienone is 2. The van der Waals surface area contributed by atoms with Crippen LogP contribution >= 0.6 is 27.5 Å². The van der Waals surface area contributed by atoms with Gasteiger partial charge in [0.2, 0.25) is 0 Å². The molecule has 0 amide bonds. The summed E-state index contributed by atoms with van der Waals surface area (Å²) in [6, 6.07) is 22.3. The first-order chi connectivity index (χ1) is 15.0. The molecule has 1 saturated carbocycles. The maximum Gasteiger partial charge on any atom is 0.0425 e. The predicted octanol–water partition coefficient (Wildman–Crippen LogP) is 9.05. The van der Waals surface area contributed by atoms with Crippen LogP contribution < -0.4 is 0 Å². The summed E-state index contributed by atoms with van der Waals surface area (Å²) in [5, 5.41) is 0.824. The first-order valence-corrected chi connectivity index (χ1v) is 12.5. The normalized spacial score (nSPS) is 28.3. The third-order valence-electron chi connectivity index (χ3n) is 8.05. The van der Waals surface area contributed by atoms with E-state index in [2.05, 4.69) is 96.5 Å². The molecule has 31 heavy (non-hydrogen) atoms. The molecule has 2 bridgehead atoms. The lowest BCUT2D eigenvalue weighted by Gasteiger charge is -2.49. The molecule has 0 saturated heterocycles. The minimum Gasteiger partial charge on any atom is -0.0843 e. The van der Waals surface area contributed by atoms with Crippen molar-refractivity contribution >= 4 is 27.5 Å². The smallest absolute Gasteiger partial charge is 0.0425 e. The van der Waals surface area contributed by atoms with E-state index in [0.29, 0.717) is 5.92 Å². The number of rotatable bonds is 1. The van der Waals surface area contributed by atoms with Crippen LogP contribution in [0, 0.1) is 17.8 Å². The van der Waals surface area contributed by atoms with Crippen molar-refractivity contribution in [2.75, 3.05) is 0 Å². The Balaban J connectivity index is 1.63. The summed E-state index contributed by atoms with van der Waals surface area (Å²) >= 11 is 10.1. The highest BCUT2D eigenvalue weighted by Crippen LogP contribution is 2.61. The van der Waals surface area contributed by atoms with Gasteiger partial charge in [-0.3, -0.25) is 0 Å². The Labute approximate surface area is 198 Å². The van der Waals surface area contributed by atoms with E-state index in [4.69, 9.17) is 11.6 Å². The molecule has 3 aliphatic carbocycles. The molecular weight excluding hydrogens is 464 g/mol. The van der Waals surface area contributed by atoms with Gasteiger partial charge in [-0.25, -0.2) is 0 Å². The fourth-order valence-corrected chi connectivity index (χ4v) is 7.16. The molecule has 3 aromatic rings. The monoisotopic (exact) mass is 488 g/mol. The second-order valence-electron chi connectivity index (χ2n) is 9.92. The Kier molecular flexibility index (Phi) is 4.53. The zero-order valence-electron chi connectivity index (χ0n) is 18.0. The second kappa shape index (κ2) is 7.09. The topological polar surface area (TPSA) is 0 Å². The van der Waals surface area contributed by atoms with Crippen LogP contribution in [-0.4, -0.2) is 0 Å². The van der Waals surface area contributed by atoms with Crippen molar-refractivity contribution in [2.45, 2.75) is 38.5 Å². The Bertz CT molecular complexity index is 1220. The van der Waals surface area contributed by atoms with Gasteiger partial charge < -0.3 is 0 Å². The fraction of sp³-hybridized carbons (Fsp3) is 0.310. The lowest BCUT2D eigenvalue weighted by atomic mass is 9.55. The van der Waals surface area contributed by atoms with Crippen molar-refractivity contribution < 1.29 is 0 Å². The van der Waals surface area contributed by atoms with Crippen molar-refractivity contribution in [3.05, 3.63) is 92.9 Å². The lowest BCUT2D eigenvalue weighted by Crippen LogP contribution is -2.42. The summed E-state index contributed by atoms with van der Waals surface area (Å²) in [4.78, 5) is 0. The average molecular weight is 490 g/mol. The SMILES string of the molecule is CC1=CC2(c3ccc(Cl)cc3-c3ccc(-c4ccc(Br)cc4)cc32)C2CC(C)CC1C2. The van der Waals surface area contributed by atoms with Gasteiger partial charge >= 0.3 is 0 Å². The summed E-state index contributed by atoms with van der Waals surface area (Å²) in [6.45, 7) is 4.81. The predicted molar refractivity (Wildman–Crippen MR) is 135 cm³/mol. The molecular formula is C29H26BrCl. The molecule has 6 rings (SSSR count). The van der Waals surface area contributed by atoms with E-state index in [1.165, 1.54) is 52.6 Å². The molecule has 3 aromatic carbocycles. The van der Waals surface area contributed by atoms with Crippen molar-refractivity contribution in [3.8, 4) is 22.3 Å². The van der Waals surface area contributed by atoms with Gasteiger partial charge in [-0.05, 0) is 108 Å². The zero-order valence-corrected chi connectivity index (χ0v) is 20.3. The number of halogens is 2. The molecule has 0 N–H and O–H groups in total. The summed E-state index contributed by atoms with van der Waals surface area (Å²) in [7, 11) is 0. The third-order valence-corrected chi connectivity index (χ3v) is 8.81. The van der Waals surface area contributed by atoms with Gasteiger partial charge in [-0.15, -0.1) is 0 Å². The summed E-state index contributed by atoms with van der Waals surface area (Å²) in [5.74, 6) is 2.17. The number of hydrogen-bond acceptors (Lipinski definition) is 0. The molecule has 4 atom stereocenters. The van der Waals surface area contributed by atoms with Gasteiger partial charge in [-0.2, -0.15) is 0 Å². The average Bonchev–Trinajstić information content (AvgIpc) is 3.02. The lowest BCUT2D eigenvalue weighted by molar-refractivity contribution is 0.168. The highest BCUT2D eigenvalue weighted by atomic mass is 79.9. The van der Waals surface area contributed by atoms with Crippen molar-refractivity contribution in [1.82, 2.24) is 0 Å². The van der Waals surface area contributed by atoms with E-state index in [0.717, 1.165) is 21.3 Å². The van der Waals surface area contributed by atoms with Crippen LogP contribution in [0.5, 0.6) is 0 Å². The highest BCUT2D eigenvalue weighted by Gasteiger charge is 2.52. The minimum absolute atomic E-state index is 0.0319. The molecule has 1 spiro atoms. The Morgan fingerprint density at radius 2 is 1.61 bits per heavy atom. The van der Waals surface area contributed by atoms with E-state index in [1.54, 1.807) is 5.57 Å². The maximum absolute atomic E-state index is 6.50. The van der Waals surface area contributed by atoms with E-state index >= 15 is 0 Å². The molecule has 2 heteroatoms. The van der Waals surface area contributed by atoms with Crippen molar-refractivity contribution in [3.63, 3.8) is 0 Å². The highest BCUT2D eigenvalue weighted by molar-refractivity contribution is 9.10. The molecule has 0 nitrogen and oxygen atoms in total. The maximum atomic E-state index is 6.50. The summed E-state index contributed by atoms with van der Waals surface area (Å²) < 4.78 is 1.11. The minimum atomic E-state index is -0.0319. The van der Waals surface area contributed by atoms with Crippen LogP contribution in [-0.2, 0) is 5.41 Å². The van der Waals surface area contributed by atoms with E-state index in [-0.39, 0.29) is 5.41 Å². The van der Waals surface area contributed by atoms with Crippen LogP contribution in [0.3, 0.4) is 0 Å². The van der Waals surface area contributed by atoms with Crippen molar-refractivity contribution in [1.29, 1.82) is 0 Å². The molecule has 4 unspecified atom stereocenters. The van der Waals surface area contributed by atoms with Gasteiger partial charge in [0.1, 0.15) is 0 Å². The van der Waals surface area contributed by atoms with E-state index in [1.807, 2.05) is 0 Å². The van der Waals surface area contributed by atoms with Crippen LogP contribution in [0.4, 0.5) is 0 Å². The van der Waals surface area contributed by atoms with Gasteiger partial charge in [0.05, 0.1) is 0 Å². The van der Waals surface area contributed by atoms with E-state index in [9.17, 15) is 0 Å². The third kappa shape index (κ3) is 2.93. The van der Waals surface area contributed by atoms with Crippen LogP contribution in [0.25, 0.3) is 22.3 Å². The Hall–Kier alpha value is -1.83. The van der Waals surface area contributed by atoms with Gasteiger partial charge in [0.15, 0.2) is 0 Å². The van der Waals surface area contributed by atoms with Gasteiger partial charge in [0.25, 0.3) is 0 Å². The molecule has 3 aliphatic rings. The molecule has 1 fully saturated rings. The molecule has 0 aliphatic heterocycles. The summed E-state index contributed by atoms with van der Waals surface area (Å²) in [6.07, 6.45) is 6.58. The van der Waals surface area contributed by atoms with Gasteiger partial charge in [-0.1, -0.05) is 76.4 Å². The quantitative estimate of drug-likeness (QED) is 0.299. The first kappa shape index (κ1) is 19.8. The number of hydrogen-bond donors (Lipinski definition) is 0. The summed E-state index contributed by atoms with van der Waals surface area (Å²) in [5.41, 5.74) is 9.72. The Morgan fingerprint density at radius 1 is 0.839 bits per heavy atom. The van der Waals surface area contributed by atoms with Gasteiger partial charge in [0, 0.05) is 14.9 Å². The zero-order chi connectivity index (χ0) is 21.3. The van der Waals surface area contributed by atoms with Crippen LogP contribution in [0.15, 0.2) is 76.8 Å². The number of fused-ring (bicyclic) bond motifs is 8. The molecule has 156 valence electrons. The van der Waals surface area contributed by atoms with Crippen molar-refractivity contribution in [2.24, 2.45) is 17.8 Å². The van der Waals surface area contributed by atoms with Crippen LogP contribution in [0.2, 0.25) is 5.02 Å². The first-order valence-electron chi connectivity index (χ1n) is 11.4. The second-order valence-corrected chi connectivity index (χ2v) is 11.3. The molecule has 0 radical (unpaired) electrons. The molecule has 0 heterocycles. The van der Waals surface area contributed by atoms with E-state index < -0.39 is 0 Å².